The lowest BCUT2D eigenvalue weighted by molar-refractivity contribution is -0.384. The molecular weight excluding hydrogens is 262 g/mol. The first kappa shape index (κ1) is 14.0. The average molecular weight is 279 g/mol. The number of nitrogens with zero attached hydrogens (tertiary/aromatic N) is 3. The normalized spacial score (nSPS) is 18.8. The van der Waals surface area contributed by atoms with E-state index in [1.165, 1.54) is 6.07 Å². The van der Waals surface area contributed by atoms with Crippen LogP contribution in [0.5, 0.6) is 0 Å². The minimum Gasteiger partial charge on any atom is -0.373 e. The van der Waals surface area contributed by atoms with Crippen molar-refractivity contribution in [3.63, 3.8) is 0 Å². The van der Waals surface area contributed by atoms with Gasteiger partial charge >= 0.3 is 5.69 Å². The van der Waals surface area contributed by atoms with Gasteiger partial charge in [0.25, 0.3) is 0 Å². The van der Waals surface area contributed by atoms with Gasteiger partial charge in [0.05, 0.1) is 4.92 Å². The van der Waals surface area contributed by atoms with Crippen LogP contribution in [-0.2, 0) is 4.79 Å². The maximum Gasteiger partial charge on any atom is 0.311 e. The van der Waals surface area contributed by atoms with Crippen molar-refractivity contribution in [1.82, 2.24) is 9.88 Å². The highest BCUT2D eigenvalue weighted by molar-refractivity contribution is 5.77. The number of nitrogens with one attached hydrogen (secondary N) is 2. The third-order valence-corrected chi connectivity index (χ3v) is 3.29. The molecule has 108 valence electrons. The van der Waals surface area contributed by atoms with Crippen LogP contribution in [0.1, 0.15) is 12.8 Å². The van der Waals surface area contributed by atoms with Crippen LogP contribution in [-0.4, -0.2) is 47.4 Å². The van der Waals surface area contributed by atoms with Gasteiger partial charge in [0, 0.05) is 39.2 Å². The predicted octanol–water partition coefficient (Wildman–Crippen LogP) is 1.06. The third-order valence-electron chi connectivity index (χ3n) is 3.29. The molecule has 0 aliphatic carbocycles. The largest absolute Gasteiger partial charge is 0.373 e. The minimum absolute atomic E-state index is 0.0315. The number of pyridine rings is 1. The van der Waals surface area contributed by atoms with Crippen LogP contribution in [0.4, 0.5) is 17.3 Å². The Kier molecular flexibility index (Phi) is 4.02. The van der Waals surface area contributed by atoms with E-state index in [1.54, 1.807) is 25.1 Å². The molecule has 1 saturated heterocycles. The molecule has 0 radical (unpaired) electrons. The molecule has 0 saturated carbocycles. The molecular formula is C12H17N5O3. The van der Waals surface area contributed by atoms with Gasteiger partial charge in [-0.05, 0) is 12.5 Å². The van der Waals surface area contributed by atoms with Crippen LogP contribution in [0.25, 0.3) is 0 Å². The number of likely N-dealkylation sites (tertiary alicyclic amines) is 1. The summed E-state index contributed by atoms with van der Waals surface area (Å²) in [5.74, 6) is 0.877. The smallest absolute Gasteiger partial charge is 0.311 e. The standard InChI is InChI=1S/C12H17N5O3/c1-13-10-5-4-9(17(19)20)12(15-10)14-8-3-6-11(18)16(2)7-8/h4-5,8H,3,6-7H2,1-2H3,(H2,13,14,15). The fourth-order valence-electron chi connectivity index (χ4n) is 2.17. The average Bonchev–Trinajstić information content (AvgIpc) is 2.42. The van der Waals surface area contributed by atoms with Crippen molar-refractivity contribution in [1.29, 1.82) is 0 Å². The van der Waals surface area contributed by atoms with E-state index in [1.807, 2.05) is 0 Å². The summed E-state index contributed by atoms with van der Waals surface area (Å²) in [5.41, 5.74) is -0.0662. The zero-order valence-electron chi connectivity index (χ0n) is 11.4. The molecule has 1 unspecified atom stereocenters. The summed E-state index contributed by atoms with van der Waals surface area (Å²) in [4.78, 5) is 27.8. The molecule has 1 aromatic rings. The number of aromatic nitrogens is 1. The van der Waals surface area contributed by atoms with Gasteiger partial charge in [-0.1, -0.05) is 0 Å². The lowest BCUT2D eigenvalue weighted by Gasteiger charge is -2.30. The Hall–Kier alpha value is -2.38. The van der Waals surface area contributed by atoms with Crippen molar-refractivity contribution in [2.45, 2.75) is 18.9 Å². The zero-order valence-corrected chi connectivity index (χ0v) is 11.4. The number of amides is 1. The molecule has 1 aliphatic rings. The zero-order chi connectivity index (χ0) is 14.7. The minimum atomic E-state index is -0.466. The fraction of sp³-hybridized carbons (Fsp3) is 0.500. The van der Waals surface area contributed by atoms with Gasteiger partial charge in [0.1, 0.15) is 5.82 Å². The molecule has 1 fully saturated rings. The molecule has 2 heterocycles. The monoisotopic (exact) mass is 279 g/mol. The van der Waals surface area contributed by atoms with Gasteiger partial charge in [-0.3, -0.25) is 14.9 Å². The van der Waals surface area contributed by atoms with Crippen LogP contribution < -0.4 is 10.6 Å². The van der Waals surface area contributed by atoms with E-state index in [-0.39, 0.29) is 23.5 Å². The number of hydrogen-bond acceptors (Lipinski definition) is 6. The molecule has 8 nitrogen and oxygen atoms in total. The first-order valence-electron chi connectivity index (χ1n) is 6.35. The molecule has 2 rings (SSSR count). The van der Waals surface area contributed by atoms with Crippen molar-refractivity contribution < 1.29 is 9.72 Å². The molecule has 1 aromatic heterocycles. The number of carbonyl (C=O) groups excluding carboxylic acids is 1. The van der Waals surface area contributed by atoms with Gasteiger partial charge in [0.2, 0.25) is 11.7 Å². The number of likely N-dealkylation sites (N-methyl/N-ethyl adjacent to an activating group) is 1. The molecule has 1 atom stereocenters. The molecule has 20 heavy (non-hydrogen) atoms. The number of hydrogen-bond donors (Lipinski definition) is 2. The second-order valence-electron chi connectivity index (χ2n) is 4.73. The molecule has 0 aromatic carbocycles. The molecule has 2 N–H and O–H groups in total. The Morgan fingerprint density at radius 1 is 1.50 bits per heavy atom. The van der Waals surface area contributed by atoms with Crippen molar-refractivity contribution >= 4 is 23.2 Å². The van der Waals surface area contributed by atoms with E-state index in [4.69, 9.17) is 0 Å². The summed E-state index contributed by atoms with van der Waals surface area (Å²) in [6.45, 7) is 0.515. The molecule has 8 heteroatoms. The van der Waals surface area contributed by atoms with E-state index in [9.17, 15) is 14.9 Å². The Morgan fingerprint density at radius 2 is 2.25 bits per heavy atom. The quantitative estimate of drug-likeness (QED) is 0.631. The van der Waals surface area contributed by atoms with E-state index < -0.39 is 4.92 Å². The summed E-state index contributed by atoms with van der Waals surface area (Å²) < 4.78 is 0. The number of rotatable bonds is 4. The summed E-state index contributed by atoms with van der Waals surface area (Å²) in [7, 11) is 3.42. The van der Waals surface area contributed by atoms with Crippen LogP contribution in [0.15, 0.2) is 12.1 Å². The molecule has 1 amide bonds. The number of piperidine rings is 1. The topological polar surface area (TPSA) is 100 Å². The molecule has 0 spiro atoms. The van der Waals surface area contributed by atoms with Crippen LogP contribution >= 0.6 is 0 Å². The number of anilines is 2. The van der Waals surface area contributed by atoms with E-state index in [2.05, 4.69) is 15.6 Å². The Labute approximate surface area is 116 Å². The van der Waals surface area contributed by atoms with Gasteiger partial charge < -0.3 is 15.5 Å². The fourth-order valence-corrected chi connectivity index (χ4v) is 2.17. The summed E-state index contributed by atoms with van der Waals surface area (Å²) in [5, 5.41) is 16.9. The van der Waals surface area contributed by atoms with Gasteiger partial charge in [0.15, 0.2) is 0 Å². The van der Waals surface area contributed by atoms with Crippen LogP contribution in [0.3, 0.4) is 0 Å². The van der Waals surface area contributed by atoms with Crippen LogP contribution in [0, 0.1) is 10.1 Å². The summed E-state index contributed by atoms with van der Waals surface area (Å²) in [6.07, 6.45) is 1.08. The van der Waals surface area contributed by atoms with Crippen molar-refractivity contribution in [3.8, 4) is 0 Å². The SMILES string of the molecule is CNc1ccc([N+](=O)[O-])c(NC2CCC(=O)N(C)C2)n1. The molecule has 1 aliphatic heterocycles. The second kappa shape index (κ2) is 5.72. The second-order valence-corrected chi connectivity index (χ2v) is 4.73. The maximum absolute atomic E-state index is 11.4. The highest BCUT2D eigenvalue weighted by Gasteiger charge is 2.25. The molecule has 0 bridgehead atoms. The number of carbonyl (C=O) groups is 1. The predicted molar refractivity (Wildman–Crippen MR) is 74.7 cm³/mol. The van der Waals surface area contributed by atoms with Gasteiger partial charge in [-0.2, -0.15) is 0 Å². The Balaban J connectivity index is 2.19. The number of nitro groups is 1. The van der Waals surface area contributed by atoms with Crippen LogP contribution in [0.2, 0.25) is 0 Å². The van der Waals surface area contributed by atoms with Gasteiger partial charge in [-0.15, -0.1) is 0 Å². The third kappa shape index (κ3) is 2.95. The Morgan fingerprint density at radius 3 is 2.85 bits per heavy atom. The highest BCUT2D eigenvalue weighted by Crippen LogP contribution is 2.26. The van der Waals surface area contributed by atoms with E-state index in [0.717, 1.165) is 0 Å². The lowest BCUT2D eigenvalue weighted by Crippen LogP contribution is -2.43. The lowest BCUT2D eigenvalue weighted by atomic mass is 10.1. The summed E-state index contributed by atoms with van der Waals surface area (Å²) in [6, 6.07) is 2.94. The van der Waals surface area contributed by atoms with E-state index >= 15 is 0 Å². The van der Waals surface area contributed by atoms with Crippen molar-refractivity contribution in [2.24, 2.45) is 0 Å². The highest BCUT2D eigenvalue weighted by atomic mass is 16.6. The Bertz CT molecular complexity index is 534. The summed E-state index contributed by atoms with van der Waals surface area (Å²) >= 11 is 0. The van der Waals surface area contributed by atoms with Crippen molar-refractivity contribution in [3.05, 3.63) is 22.2 Å². The first-order valence-corrected chi connectivity index (χ1v) is 6.35. The van der Waals surface area contributed by atoms with Crippen molar-refractivity contribution in [2.75, 3.05) is 31.3 Å². The van der Waals surface area contributed by atoms with E-state index in [0.29, 0.717) is 25.2 Å². The first-order chi connectivity index (χ1) is 9.51. The van der Waals surface area contributed by atoms with Gasteiger partial charge in [-0.25, -0.2) is 4.98 Å². The maximum atomic E-state index is 11.4.